The minimum absolute atomic E-state index is 0.511. The molecule has 2 rings (SSSR count). The Hall–Kier alpha value is -1.16. The first-order valence-corrected chi connectivity index (χ1v) is 7.04. The van der Waals surface area contributed by atoms with Crippen molar-refractivity contribution in [3.8, 4) is 0 Å². The molecule has 0 aliphatic heterocycles. The van der Waals surface area contributed by atoms with Crippen molar-refractivity contribution in [3.63, 3.8) is 0 Å². The molecule has 0 atom stereocenters. The van der Waals surface area contributed by atoms with Crippen molar-refractivity contribution < 1.29 is 0 Å². The highest BCUT2D eigenvalue weighted by molar-refractivity contribution is 5.44. The number of hydrogen-bond acceptors (Lipinski definition) is 4. The third kappa shape index (κ3) is 2.99. The number of nitrogens with zero attached hydrogens (tertiary/aromatic N) is 2. The lowest BCUT2D eigenvalue weighted by atomic mass is 9.90. The fraction of sp³-hybridized carbons (Fsp3) is 0.714. The molecule has 1 saturated carbocycles. The fourth-order valence-electron chi connectivity index (χ4n) is 2.69. The molecule has 1 aromatic rings. The number of hydrogen-bond donors (Lipinski definition) is 2. The zero-order chi connectivity index (χ0) is 13.0. The van der Waals surface area contributed by atoms with Gasteiger partial charge in [-0.15, -0.1) is 0 Å². The van der Waals surface area contributed by atoms with Crippen LogP contribution >= 0.6 is 0 Å². The Morgan fingerprint density at radius 3 is 2.22 bits per heavy atom. The standard InChI is InChI=1S/C14H24N4/c1-10-11(2)16-14(17-13(10)18-15)12-8-6-4-3-5-7-9-12/h12H,3-9,15H2,1-2H3,(H,16,17,18). The van der Waals surface area contributed by atoms with E-state index in [4.69, 9.17) is 5.84 Å². The van der Waals surface area contributed by atoms with E-state index in [0.29, 0.717) is 5.92 Å². The first kappa shape index (κ1) is 13.3. The lowest BCUT2D eigenvalue weighted by molar-refractivity contribution is 0.442. The van der Waals surface area contributed by atoms with Gasteiger partial charge in [-0.3, -0.25) is 0 Å². The van der Waals surface area contributed by atoms with Crippen LogP contribution in [0.25, 0.3) is 0 Å². The third-order valence-electron chi connectivity index (χ3n) is 4.01. The maximum atomic E-state index is 5.53. The molecule has 1 aromatic heterocycles. The molecule has 0 unspecified atom stereocenters. The monoisotopic (exact) mass is 248 g/mol. The number of rotatable bonds is 2. The molecule has 18 heavy (non-hydrogen) atoms. The molecule has 0 bridgehead atoms. The highest BCUT2D eigenvalue weighted by Gasteiger charge is 2.18. The van der Waals surface area contributed by atoms with Crippen LogP contribution in [0.15, 0.2) is 0 Å². The van der Waals surface area contributed by atoms with Crippen molar-refractivity contribution in [2.24, 2.45) is 5.84 Å². The summed E-state index contributed by atoms with van der Waals surface area (Å²) in [6, 6.07) is 0. The van der Waals surface area contributed by atoms with Gasteiger partial charge in [0, 0.05) is 17.2 Å². The van der Waals surface area contributed by atoms with Crippen LogP contribution in [0, 0.1) is 13.8 Å². The Bertz CT molecular complexity index is 395. The van der Waals surface area contributed by atoms with E-state index >= 15 is 0 Å². The van der Waals surface area contributed by atoms with Crippen LogP contribution in [0.5, 0.6) is 0 Å². The van der Waals surface area contributed by atoms with Gasteiger partial charge in [-0.1, -0.05) is 32.1 Å². The third-order valence-corrected chi connectivity index (χ3v) is 4.01. The SMILES string of the molecule is Cc1nc(C2CCCCCCC2)nc(NN)c1C. The molecule has 1 heterocycles. The van der Waals surface area contributed by atoms with Crippen LogP contribution in [-0.4, -0.2) is 9.97 Å². The Kier molecular flexibility index (Phi) is 4.53. The van der Waals surface area contributed by atoms with Crippen LogP contribution in [0.1, 0.15) is 67.9 Å². The van der Waals surface area contributed by atoms with Crippen molar-refractivity contribution in [2.75, 3.05) is 5.43 Å². The quantitative estimate of drug-likeness (QED) is 0.623. The van der Waals surface area contributed by atoms with Crippen LogP contribution in [-0.2, 0) is 0 Å². The van der Waals surface area contributed by atoms with Crippen molar-refractivity contribution in [3.05, 3.63) is 17.1 Å². The summed E-state index contributed by atoms with van der Waals surface area (Å²) in [5, 5.41) is 0. The molecule has 0 saturated heterocycles. The molecule has 3 N–H and O–H groups in total. The molecule has 4 nitrogen and oxygen atoms in total. The van der Waals surface area contributed by atoms with Gasteiger partial charge in [0.05, 0.1) is 0 Å². The number of aromatic nitrogens is 2. The molecule has 0 aromatic carbocycles. The van der Waals surface area contributed by atoms with E-state index in [-0.39, 0.29) is 0 Å². The van der Waals surface area contributed by atoms with E-state index in [2.05, 4.69) is 15.4 Å². The first-order chi connectivity index (χ1) is 8.72. The molecule has 1 aliphatic carbocycles. The van der Waals surface area contributed by atoms with Crippen molar-refractivity contribution in [1.29, 1.82) is 0 Å². The van der Waals surface area contributed by atoms with Crippen LogP contribution in [0.2, 0.25) is 0 Å². The summed E-state index contributed by atoms with van der Waals surface area (Å²) in [7, 11) is 0. The summed E-state index contributed by atoms with van der Waals surface area (Å²) in [6.07, 6.45) is 9.11. The maximum absolute atomic E-state index is 5.53. The second kappa shape index (κ2) is 6.14. The van der Waals surface area contributed by atoms with Gasteiger partial charge in [0.15, 0.2) is 0 Å². The summed E-state index contributed by atoms with van der Waals surface area (Å²) in [5.41, 5.74) is 4.78. The highest BCUT2D eigenvalue weighted by atomic mass is 15.3. The summed E-state index contributed by atoms with van der Waals surface area (Å²) in [6.45, 7) is 4.04. The molecule has 0 radical (unpaired) electrons. The fourth-order valence-corrected chi connectivity index (χ4v) is 2.69. The van der Waals surface area contributed by atoms with Gasteiger partial charge in [-0.2, -0.15) is 0 Å². The number of nitrogens with two attached hydrogens (primary N) is 1. The topological polar surface area (TPSA) is 63.8 Å². The number of aryl methyl sites for hydroxylation is 1. The lowest BCUT2D eigenvalue weighted by Crippen LogP contribution is -2.15. The minimum Gasteiger partial charge on any atom is -0.308 e. The van der Waals surface area contributed by atoms with E-state index in [9.17, 15) is 0 Å². The van der Waals surface area contributed by atoms with Gasteiger partial charge in [0.25, 0.3) is 0 Å². The van der Waals surface area contributed by atoms with Gasteiger partial charge in [-0.05, 0) is 26.7 Å². The summed E-state index contributed by atoms with van der Waals surface area (Å²) in [5.74, 6) is 7.80. The van der Waals surface area contributed by atoms with Crippen LogP contribution in [0.4, 0.5) is 5.82 Å². The minimum atomic E-state index is 0.511. The number of nitrogen functional groups attached to an aromatic ring is 1. The lowest BCUT2D eigenvalue weighted by Gasteiger charge is -2.20. The first-order valence-electron chi connectivity index (χ1n) is 7.04. The average molecular weight is 248 g/mol. The average Bonchev–Trinajstić information content (AvgIpc) is 2.32. The van der Waals surface area contributed by atoms with Gasteiger partial charge >= 0.3 is 0 Å². The Morgan fingerprint density at radius 2 is 1.61 bits per heavy atom. The second-order valence-electron chi connectivity index (χ2n) is 5.33. The van der Waals surface area contributed by atoms with Crippen LogP contribution in [0.3, 0.4) is 0 Å². The predicted molar refractivity (Wildman–Crippen MR) is 74.4 cm³/mol. The number of nitrogens with one attached hydrogen (secondary N) is 1. The molecular weight excluding hydrogens is 224 g/mol. The normalized spacial score (nSPS) is 18.2. The summed E-state index contributed by atoms with van der Waals surface area (Å²) < 4.78 is 0. The zero-order valence-electron chi connectivity index (χ0n) is 11.5. The smallest absolute Gasteiger partial charge is 0.146 e. The van der Waals surface area contributed by atoms with Crippen molar-refractivity contribution in [2.45, 2.75) is 64.7 Å². The molecule has 1 fully saturated rings. The Balaban J connectivity index is 2.22. The van der Waals surface area contributed by atoms with E-state index in [1.54, 1.807) is 0 Å². The van der Waals surface area contributed by atoms with E-state index < -0.39 is 0 Å². The largest absolute Gasteiger partial charge is 0.308 e. The van der Waals surface area contributed by atoms with Gasteiger partial charge in [0.1, 0.15) is 11.6 Å². The Morgan fingerprint density at radius 1 is 1.00 bits per heavy atom. The molecule has 0 spiro atoms. The summed E-state index contributed by atoms with van der Waals surface area (Å²) in [4.78, 5) is 9.27. The molecule has 4 heteroatoms. The predicted octanol–water partition coefficient (Wildman–Crippen LogP) is 3.21. The molecular formula is C14H24N4. The van der Waals surface area contributed by atoms with Gasteiger partial charge in [0.2, 0.25) is 0 Å². The Labute approximate surface area is 109 Å². The van der Waals surface area contributed by atoms with Crippen molar-refractivity contribution >= 4 is 5.82 Å². The number of hydrazine groups is 1. The molecule has 1 aliphatic rings. The second-order valence-corrected chi connectivity index (χ2v) is 5.33. The maximum Gasteiger partial charge on any atom is 0.146 e. The zero-order valence-corrected chi connectivity index (χ0v) is 11.5. The molecule has 0 amide bonds. The van der Waals surface area contributed by atoms with Gasteiger partial charge in [-0.25, -0.2) is 15.8 Å². The summed E-state index contributed by atoms with van der Waals surface area (Å²) >= 11 is 0. The van der Waals surface area contributed by atoms with Crippen molar-refractivity contribution in [1.82, 2.24) is 9.97 Å². The van der Waals surface area contributed by atoms with Crippen LogP contribution < -0.4 is 11.3 Å². The molecule has 100 valence electrons. The van der Waals surface area contributed by atoms with E-state index in [0.717, 1.165) is 22.9 Å². The van der Waals surface area contributed by atoms with Gasteiger partial charge < -0.3 is 5.43 Å². The van der Waals surface area contributed by atoms with E-state index in [1.165, 1.54) is 44.9 Å². The van der Waals surface area contributed by atoms with E-state index in [1.807, 2.05) is 13.8 Å². The highest BCUT2D eigenvalue weighted by Crippen LogP contribution is 2.30. The number of anilines is 1.